The molecule has 0 aliphatic carbocycles. The predicted octanol–water partition coefficient (Wildman–Crippen LogP) is 1.19. The Morgan fingerprint density at radius 1 is 1.25 bits per heavy atom. The molecule has 0 N–H and O–H groups in total. The van der Waals surface area contributed by atoms with Gasteiger partial charge in [0.15, 0.2) is 0 Å². The second-order valence-corrected chi connectivity index (χ2v) is 4.65. The Kier molecular flexibility index (Phi) is 5.11. The quantitative estimate of drug-likeness (QED) is 0.716. The number of nitrogens with zero attached hydrogens (tertiary/aromatic N) is 5. The fourth-order valence-corrected chi connectivity index (χ4v) is 2.14. The molecule has 0 saturated carbocycles. The maximum absolute atomic E-state index is 6.18. The van der Waals surface area contributed by atoms with Crippen LogP contribution in [0.5, 0.6) is 0 Å². The number of anilines is 1. The van der Waals surface area contributed by atoms with E-state index < -0.39 is 0 Å². The highest BCUT2D eigenvalue weighted by molar-refractivity contribution is 6.30. The van der Waals surface area contributed by atoms with Crippen LogP contribution in [0.1, 0.15) is 5.56 Å². The van der Waals surface area contributed by atoms with Crippen molar-refractivity contribution in [2.24, 2.45) is 0 Å². The number of rotatable bonds is 7. The summed E-state index contributed by atoms with van der Waals surface area (Å²) in [5, 5.41) is 4.65. The molecule has 0 bridgehead atoms. The molecule has 0 spiro atoms. The molecule has 0 aliphatic heterocycles. The van der Waals surface area contributed by atoms with Crippen LogP contribution in [0.2, 0.25) is 5.15 Å². The van der Waals surface area contributed by atoms with Crippen molar-refractivity contribution in [2.45, 2.75) is 6.92 Å². The zero-order valence-electron chi connectivity index (χ0n) is 11.8. The molecule has 0 radical (unpaired) electrons. The van der Waals surface area contributed by atoms with Gasteiger partial charge in [-0.3, -0.25) is 0 Å². The summed E-state index contributed by atoms with van der Waals surface area (Å²) in [5.74, 6) is 1.35. The standard InChI is InChI=1S/C12H18ClN5O2/c1-9-10(13)16-12-14-8-15-18(12)11(9)17(4-6-19-2)5-7-20-3/h8H,4-7H2,1-3H3. The summed E-state index contributed by atoms with van der Waals surface area (Å²) >= 11 is 6.18. The van der Waals surface area contributed by atoms with E-state index in [1.807, 2.05) is 6.92 Å². The van der Waals surface area contributed by atoms with E-state index in [4.69, 9.17) is 21.1 Å². The Balaban J connectivity index is 2.44. The van der Waals surface area contributed by atoms with E-state index in [1.54, 1.807) is 18.7 Å². The van der Waals surface area contributed by atoms with Gasteiger partial charge in [0.05, 0.1) is 13.2 Å². The second kappa shape index (κ2) is 6.83. The van der Waals surface area contributed by atoms with Crippen LogP contribution in [-0.2, 0) is 9.47 Å². The predicted molar refractivity (Wildman–Crippen MR) is 76.5 cm³/mol. The summed E-state index contributed by atoms with van der Waals surface area (Å²) in [6, 6.07) is 0. The minimum Gasteiger partial charge on any atom is -0.383 e. The molecule has 2 aromatic heterocycles. The summed E-state index contributed by atoms with van der Waals surface area (Å²) in [6.45, 7) is 4.52. The van der Waals surface area contributed by atoms with E-state index in [-0.39, 0.29) is 0 Å². The van der Waals surface area contributed by atoms with Crippen molar-refractivity contribution in [1.82, 2.24) is 19.6 Å². The summed E-state index contributed by atoms with van der Waals surface area (Å²) in [5.41, 5.74) is 0.858. The molecule has 2 heterocycles. The molecule has 2 aromatic rings. The van der Waals surface area contributed by atoms with Gasteiger partial charge in [-0.1, -0.05) is 11.6 Å². The average molecular weight is 300 g/mol. The molecule has 0 amide bonds. The lowest BCUT2D eigenvalue weighted by molar-refractivity contribution is 0.189. The molecule has 0 aromatic carbocycles. The number of fused-ring (bicyclic) bond motifs is 1. The first-order chi connectivity index (χ1) is 9.69. The Labute approximate surface area is 122 Å². The topological polar surface area (TPSA) is 64.8 Å². The highest BCUT2D eigenvalue weighted by Gasteiger charge is 2.18. The Morgan fingerprint density at radius 3 is 2.50 bits per heavy atom. The van der Waals surface area contributed by atoms with Crippen LogP contribution in [0.15, 0.2) is 6.33 Å². The molecule has 20 heavy (non-hydrogen) atoms. The van der Waals surface area contributed by atoms with E-state index in [9.17, 15) is 0 Å². The first kappa shape index (κ1) is 15.0. The molecular weight excluding hydrogens is 282 g/mol. The molecule has 0 unspecified atom stereocenters. The van der Waals surface area contributed by atoms with Gasteiger partial charge in [-0.15, -0.1) is 0 Å². The number of aromatic nitrogens is 4. The third-order valence-electron chi connectivity index (χ3n) is 3.00. The zero-order valence-corrected chi connectivity index (χ0v) is 12.6. The summed E-state index contributed by atoms with van der Waals surface area (Å²) < 4.78 is 12.0. The monoisotopic (exact) mass is 299 g/mol. The number of ether oxygens (including phenoxy) is 2. The second-order valence-electron chi connectivity index (χ2n) is 4.30. The summed E-state index contributed by atoms with van der Waals surface area (Å²) in [6.07, 6.45) is 1.46. The molecule has 0 fully saturated rings. The largest absolute Gasteiger partial charge is 0.383 e. The SMILES string of the molecule is COCCN(CCOC)c1c(C)c(Cl)nc2ncnn12. The van der Waals surface area contributed by atoms with Crippen molar-refractivity contribution in [3.05, 3.63) is 17.0 Å². The van der Waals surface area contributed by atoms with Gasteiger partial charge in [0.2, 0.25) is 0 Å². The van der Waals surface area contributed by atoms with Crippen LogP contribution in [0.3, 0.4) is 0 Å². The number of hydrogen-bond acceptors (Lipinski definition) is 6. The normalized spacial score (nSPS) is 11.2. The van der Waals surface area contributed by atoms with Crippen molar-refractivity contribution in [1.29, 1.82) is 0 Å². The van der Waals surface area contributed by atoms with Gasteiger partial charge >= 0.3 is 0 Å². The maximum atomic E-state index is 6.18. The minimum absolute atomic E-state index is 0.431. The molecule has 0 atom stereocenters. The first-order valence-electron chi connectivity index (χ1n) is 6.27. The van der Waals surface area contributed by atoms with Crippen LogP contribution >= 0.6 is 11.6 Å². The van der Waals surface area contributed by atoms with Gasteiger partial charge in [0, 0.05) is 32.9 Å². The van der Waals surface area contributed by atoms with Crippen molar-refractivity contribution in [3.8, 4) is 0 Å². The Morgan fingerprint density at radius 2 is 1.90 bits per heavy atom. The van der Waals surface area contributed by atoms with Crippen LogP contribution in [-0.4, -0.2) is 60.1 Å². The van der Waals surface area contributed by atoms with Gasteiger partial charge in [-0.25, -0.2) is 0 Å². The zero-order chi connectivity index (χ0) is 14.5. The van der Waals surface area contributed by atoms with Crippen LogP contribution in [0, 0.1) is 6.92 Å². The van der Waals surface area contributed by atoms with E-state index in [0.717, 1.165) is 11.4 Å². The Hall–Kier alpha value is -1.44. The lowest BCUT2D eigenvalue weighted by Crippen LogP contribution is -2.33. The van der Waals surface area contributed by atoms with Crippen molar-refractivity contribution >= 4 is 23.2 Å². The lowest BCUT2D eigenvalue weighted by atomic mass is 10.3. The summed E-state index contributed by atoms with van der Waals surface area (Å²) in [4.78, 5) is 10.4. The fourth-order valence-electron chi connectivity index (χ4n) is 1.98. The van der Waals surface area contributed by atoms with E-state index in [2.05, 4.69) is 20.0 Å². The third kappa shape index (κ3) is 3.00. The molecule has 0 saturated heterocycles. The maximum Gasteiger partial charge on any atom is 0.255 e. The van der Waals surface area contributed by atoms with Crippen molar-refractivity contribution in [2.75, 3.05) is 45.4 Å². The van der Waals surface area contributed by atoms with Gasteiger partial charge in [-0.2, -0.15) is 19.6 Å². The number of halogens is 1. The molecular formula is C12H18ClN5O2. The van der Waals surface area contributed by atoms with Gasteiger partial charge < -0.3 is 14.4 Å². The van der Waals surface area contributed by atoms with E-state index in [1.165, 1.54) is 6.33 Å². The Bertz CT molecular complexity index is 566. The lowest BCUT2D eigenvalue weighted by Gasteiger charge is -2.26. The van der Waals surface area contributed by atoms with Gasteiger partial charge in [0.25, 0.3) is 5.78 Å². The fraction of sp³-hybridized carbons (Fsp3) is 0.583. The van der Waals surface area contributed by atoms with Crippen LogP contribution in [0.25, 0.3) is 5.78 Å². The number of methoxy groups -OCH3 is 2. The van der Waals surface area contributed by atoms with Crippen molar-refractivity contribution < 1.29 is 9.47 Å². The highest BCUT2D eigenvalue weighted by Crippen LogP contribution is 2.25. The van der Waals surface area contributed by atoms with E-state index >= 15 is 0 Å². The molecule has 110 valence electrons. The molecule has 8 heteroatoms. The molecule has 2 rings (SSSR count). The van der Waals surface area contributed by atoms with Gasteiger partial charge in [-0.05, 0) is 6.92 Å². The van der Waals surface area contributed by atoms with Crippen LogP contribution < -0.4 is 4.90 Å². The van der Waals surface area contributed by atoms with Gasteiger partial charge in [0.1, 0.15) is 17.3 Å². The van der Waals surface area contributed by atoms with Crippen molar-refractivity contribution in [3.63, 3.8) is 0 Å². The first-order valence-corrected chi connectivity index (χ1v) is 6.65. The molecule has 7 nitrogen and oxygen atoms in total. The smallest absolute Gasteiger partial charge is 0.255 e. The minimum atomic E-state index is 0.431. The van der Waals surface area contributed by atoms with Crippen LogP contribution in [0.4, 0.5) is 5.82 Å². The third-order valence-corrected chi connectivity index (χ3v) is 3.37. The summed E-state index contributed by atoms with van der Waals surface area (Å²) in [7, 11) is 3.35. The number of hydrogen-bond donors (Lipinski definition) is 0. The van der Waals surface area contributed by atoms with E-state index in [0.29, 0.717) is 37.2 Å². The average Bonchev–Trinajstić information content (AvgIpc) is 2.89. The molecule has 0 aliphatic rings. The highest BCUT2D eigenvalue weighted by atomic mass is 35.5.